The summed E-state index contributed by atoms with van der Waals surface area (Å²) in [6.07, 6.45) is 0. The third-order valence-electron chi connectivity index (χ3n) is 2.02. The highest BCUT2D eigenvalue weighted by molar-refractivity contribution is 5.78. The zero-order valence-electron chi connectivity index (χ0n) is 8.25. The maximum atomic E-state index is 11.3. The van der Waals surface area contributed by atoms with Crippen LogP contribution in [0.1, 0.15) is 11.5 Å². The average Bonchev–Trinajstić information content (AvgIpc) is 2.26. The first-order chi connectivity index (χ1) is 7.15. The van der Waals surface area contributed by atoms with Gasteiger partial charge in [0, 0.05) is 4.92 Å². The van der Waals surface area contributed by atoms with Gasteiger partial charge in [-0.25, -0.2) is 0 Å². The Kier molecular flexibility index (Phi) is 3.79. The minimum atomic E-state index is -0.828. The molecule has 1 aromatic carbocycles. The summed E-state index contributed by atoms with van der Waals surface area (Å²) in [6, 6.07) is 8.58. The van der Waals surface area contributed by atoms with Crippen molar-refractivity contribution in [1.29, 1.82) is 0 Å². The summed E-state index contributed by atoms with van der Waals surface area (Å²) in [5, 5.41) is 10.4. The van der Waals surface area contributed by atoms with Crippen LogP contribution in [-0.4, -0.2) is 24.5 Å². The van der Waals surface area contributed by atoms with Crippen molar-refractivity contribution in [3.8, 4) is 0 Å². The third kappa shape index (κ3) is 3.05. The molecule has 0 aliphatic heterocycles. The summed E-state index contributed by atoms with van der Waals surface area (Å²) < 4.78 is 4.52. The van der Waals surface area contributed by atoms with Crippen LogP contribution in [-0.2, 0) is 9.53 Å². The molecule has 0 spiro atoms. The number of ether oxygens (including phenoxy) is 1. The van der Waals surface area contributed by atoms with E-state index in [2.05, 4.69) is 4.74 Å². The molecule has 0 saturated heterocycles. The molecule has 1 aromatic rings. The van der Waals surface area contributed by atoms with Gasteiger partial charge in [0.25, 0.3) is 0 Å². The lowest BCUT2D eigenvalue weighted by molar-refractivity contribution is -0.481. The number of hydrogen-bond donors (Lipinski definition) is 0. The molecule has 0 amide bonds. The Morgan fingerprint density at radius 3 is 2.53 bits per heavy atom. The zero-order chi connectivity index (χ0) is 11.3. The zero-order valence-corrected chi connectivity index (χ0v) is 8.25. The molecule has 1 rings (SSSR count). The smallest absolute Gasteiger partial charge is 0.319 e. The summed E-state index contributed by atoms with van der Waals surface area (Å²) in [7, 11) is 1.22. The lowest BCUT2D eigenvalue weighted by Gasteiger charge is -2.10. The molecule has 0 heterocycles. The van der Waals surface area contributed by atoms with Crippen LogP contribution in [0.15, 0.2) is 30.3 Å². The minimum Gasteiger partial charge on any atom is -0.468 e. The van der Waals surface area contributed by atoms with Gasteiger partial charge in [0.2, 0.25) is 6.54 Å². The first-order valence-corrected chi connectivity index (χ1v) is 4.39. The number of methoxy groups -OCH3 is 1. The lowest BCUT2D eigenvalue weighted by atomic mass is 10.00. The van der Waals surface area contributed by atoms with E-state index in [1.807, 2.05) is 0 Å². The fourth-order valence-electron chi connectivity index (χ4n) is 1.29. The quantitative estimate of drug-likeness (QED) is 0.424. The van der Waals surface area contributed by atoms with Crippen LogP contribution in [0.4, 0.5) is 0 Å². The number of nitrogens with zero attached hydrogens (tertiary/aromatic N) is 1. The van der Waals surface area contributed by atoms with Crippen LogP contribution < -0.4 is 0 Å². The number of benzene rings is 1. The molecule has 0 bridgehead atoms. The van der Waals surface area contributed by atoms with Crippen molar-refractivity contribution in [2.75, 3.05) is 13.7 Å². The Balaban J connectivity index is 2.91. The first kappa shape index (κ1) is 11.2. The van der Waals surface area contributed by atoms with E-state index >= 15 is 0 Å². The van der Waals surface area contributed by atoms with Crippen molar-refractivity contribution in [1.82, 2.24) is 0 Å². The summed E-state index contributed by atoms with van der Waals surface area (Å²) in [6.45, 7) is -0.448. The highest BCUT2D eigenvalue weighted by Gasteiger charge is 2.26. The van der Waals surface area contributed by atoms with Crippen LogP contribution in [0.3, 0.4) is 0 Å². The van der Waals surface area contributed by atoms with Crippen molar-refractivity contribution in [3.05, 3.63) is 46.0 Å². The van der Waals surface area contributed by atoms with E-state index in [4.69, 9.17) is 0 Å². The fraction of sp³-hybridized carbons (Fsp3) is 0.300. The summed E-state index contributed by atoms with van der Waals surface area (Å²) in [4.78, 5) is 21.2. The number of nitro groups is 1. The van der Waals surface area contributed by atoms with E-state index < -0.39 is 23.4 Å². The number of esters is 1. The van der Waals surface area contributed by atoms with E-state index in [-0.39, 0.29) is 0 Å². The molecule has 0 radical (unpaired) electrons. The molecule has 0 fully saturated rings. The second-order valence-corrected chi connectivity index (χ2v) is 3.00. The predicted molar refractivity (Wildman–Crippen MR) is 53.1 cm³/mol. The van der Waals surface area contributed by atoms with Gasteiger partial charge in [-0.2, -0.15) is 0 Å². The molecule has 0 saturated carbocycles. The molecule has 5 heteroatoms. The van der Waals surface area contributed by atoms with Crippen molar-refractivity contribution in [2.45, 2.75) is 5.92 Å². The Morgan fingerprint density at radius 1 is 1.47 bits per heavy atom. The van der Waals surface area contributed by atoms with E-state index in [9.17, 15) is 14.9 Å². The molecule has 0 N–H and O–H groups in total. The van der Waals surface area contributed by atoms with E-state index in [1.165, 1.54) is 7.11 Å². The van der Waals surface area contributed by atoms with Gasteiger partial charge in [0.1, 0.15) is 5.92 Å². The number of hydrogen-bond acceptors (Lipinski definition) is 4. The average molecular weight is 209 g/mol. The van der Waals surface area contributed by atoms with Crippen LogP contribution in [0.5, 0.6) is 0 Å². The van der Waals surface area contributed by atoms with Gasteiger partial charge in [-0.05, 0) is 5.56 Å². The molecule has 0 aliphatic carbocycles. The van der Waals surface area contributed by atoms with Crippen LogP contribution >= 0.6 is 0 Å². The van der Waals surface area contributed by atoms with Crippen molar-refractivity contribution in [3.63, 3.8) is 0 Å². The van der Waals surface area contributed by atoms with Crippen LogP contribution in [0, 0.1) is 10.1 Å². The van der Waals surface area contributed by atoms with Gasteiger partial charge in [-0.15, -0.1) is 0 Å². The van der Waals surface area contributed by atoms with Gasteiger partial charge in [0.15, 0.2) is 0 Å². The van der Waals surface area contributed by atoms with Gasteiger partial charge in [-0.3, -0.25) is 14.9 Å². The summed E-state index contributed by atoms with van der Waals surface area (Å²) in [5.74, 6) is -1.41. The maximum absolute atomic E-state index is 11.3. The van der Waals surface area contributed by atoms with Gasteiger partial charge < -0.3 is 4.74 Å². The lowest BCUT2D eigenvalue weighted by Crippen LogP contribution is -2.22. The molecule has 0 aliphatic rings. The first-order valence-electron chi connectivity index (χ1n) is 4.39. The topological polar surface area (TPSA) is 69.4 Å². The van der Waals surface area contributed by atoms with E-state index in [0.29, 0.717) is 5.56 Å². The van der Waals surface area contributed by atoms with Crippen molar-refractivity contribution < 1.29 is 14.5 Å². The predicted octanol–water partition coefficient (Wildman–Crippen LogP) is 1.22. The Labute approximate surface area is 86.8 Å². The van der Waals surface area contributed by atoms with E-state index in [1.54, 1.807) is 30.3 Å². The van der Waals surface area contributed by atoms with Gasteiger partial charge >= 0.3 is 5.97 Å². The van der Waals surface area contributed by atoms with E-state index in [0.717, 1.165) is 0 Å². The second kappa shape index (κ2) is 5.09. The van der Waals surface area contributed by atoms with Crippen molar-refractivity contribution in [2.24, 2.45) is 0 Å². The van der Waals surface area contributed by atoms with Gasteiger partial charge in [-0.1, -0.05) is 30.3 Å². The summed E-state index contributed by atoms with van der Waals surface area (Å²) >= 11 is 0. The minimum absolute atomic E-state index is 0.448. The molecule has 80 valence electrons. The third-order valence-corrected chi connectivity index (χ3v) is 2.02. The van der Waals surface area contributed by atoms with Gasteiger partial charge in [0.05, 0.1) is 7.11 Å². The number of carbonyl (C=O) groups is 1. The molecule has 1 unspecified atom stereocenters. The molecule has 1 atom stereocenters. The highest BCUT2D eigenvalue weighted by atomic mass is 16.6. The standard InChI is InChI=1S/C10H11NO4/c1-15-10(12)9(7-11(13)14)8-5-3-2-4-6-8/h2-6,9H,7H2,1H3. The molecule has 0 aromatic heterocycles. The molecule has 5 nitrogen and oxygen atoms in total. The summed E-state index contributed by atoms with van der Waals surface area (Å²) in [5.41, 5.74) is 0.598. The largest absolute Gasteiger partial charge is 0.468 e. The Hall–Kier alpha value is -1.91. The van der Waals surface area contributed by atoms with Crippen molar-refractivity contribution >= 4 is 5.97 Å². The molecular formula is C10H11NO4. The SMILES string of the molecule is COC(=O)C(C[N+](=O)[O-])c1ccccc1. The molecule has 15 heavy (non-hydrogen) atoms. The number of carbonyl (C=O) groups excluding carboxylic acids is 1. The Morgan fingerprint density at radius 2 is 2.07 bits per heavy atom. The van der Waals surface area contributed by atoms with Crippen LogP contribution in [0.25, 0.3) is 0 Å². The highest BCUT2D eigenvalue weighted by Crippen LogP contribution is 2.17. The maximum Gasteiger partial charge on any atom is 0.319 e. The normalized spacial score (nSPS) is 11.8. The second-order valence-electron chi connectivity index (χ2n) is 3.00. The Bertz CT molecular complexity index is 350. The fourth-order valence-corrected chi connectivity index (χ4v) is 1.29. The number of rotatable bonds is 4. The molecular weight excluding hydrogens is 198 g/mol. The van der Waals surface area contributed by atoms with Crippen LogP contribution in [0.2, 0.25) is 0 Å². The monoisotopic (exact) mass is 209 g/mol.